The smallest absolute Gasteiger partial charge is 0.00666 e. The van der Waals surface area contributed by atoms with Crippen molar-refractivity contribution in [3.05, 3.63) is 0 Å². The molecule has 0 bridgehead atoms. The predicted molar refractivity (Wildman–Crippen MR) is 40.5 cm³/mol. The summed E-state index contributed by atoms with van der Waals surface area (Å²) in [6, 6.07) is 0.814. The fourth-order valence-electron chi connectivity index (χ4n) is 1.70. The standard InChI is InChI=1S/C8H17N/c1-7-4-3-5-8(6-7)9-2/h7-9H,3-6H2,1-2H3/t7-,8+/m0/s1. The molecule has 0 aliphatic heterocycles. The lowest BCUT2D eigenvalue weighted by atomic mass is 9.87. The van der Waals surface area contributed by atoms with Gasteiger partial charge in [0, 0.05) is 6.04 Å². The molecule has 2 atom stereocenters. The van der Waals surface area contributed by atoms with E-state index >= 15 is 0 Å². The molecule has 1 aliphatic rings. The number of hydrogen-bond acceptors (Lipinski definition) is 1. The first-order valence-corrected chi connectivity index (χ1v) is 4.00. The lowest BCUT2D eigenvalue weighted by molar-refractivity contribution is 0.314. The third-order valence-electron chi connectivity index (χ3n) is 2.34. The second kappa shape index (κ2) is 3.21. The molecule has 1 nitrogen and oxygen atoms in total. The van der Waals surface area contributed by atoms with Crippen LogP contribution in [0.2, 0.25) is 0 Å². The van der Waals surface area contributed by atoms with Gasteiger partial charge >= 0.3 is 0 Å². The third-order valence-corrected chi connectivity index (χ3v) is 2.34. The van der Waals surface area contributed by atoms with E-state index in [4.69, 9.17) is 0 Å². The second-order valence-corrected chi connectivity index (χ2v) is 3.26. The average Bonchev–Trinajstić information content (AvgIpc) is 1.88. The molecule has 0 aromatic rings. The summed E-state index contributed by atoms with van der Waals surface area (Å²) in [4.78, 5) is 0. The second-order valence-electron chi connectivity index (χ2n) is 3.26. The van der Waals surface area contributed by atoms with Gasteiger partial charge in [-0.05, 0) is 25.8 Å². The summed E-state index contributed by atoms with van der Waals surface area (Å²) in [7, 11) is 2.07. The highest BCUT2D eigenvalue weighted by atomic mass is 14.9. The van der Waals surface area contributed by atoms with E-state index in [1.807, 2.05) is 0 Å². The van der Waals surface area contributed by atoms with Crippen molar-refractivity contribution in [3.8, 4) is 0 Å². The molecule has 1 rings (SSSR count). The van der Waals surface area contributed by atoms with Crippen molar-refractivity contribution < 1.29 is 0 Å². The Morgan fingerprint density at radius 3 is 2.56 bits per heavy atom. The Labute approximate surface area is 57.8 Å². The van der Waals surface area contributed by atoms with Gasteiger partial charge in [-0.15, -0.1) is 0 Å². The molecule has 1 N–H and O–H groups in total. The molecule has 0 aromatic carbocycles. The highest BCUT2D eigenvalue weighted by Crippen LogP contribution is 2.22. The van der Waals surface area contributed by atoms with E-state index in [0.717, 1.165) is 12.0 Å². The molecule has 0 saturated heterocycles. The molecule has 1 heteroatoms. The van der Waals surface area contributed by atoms with Crippen LogP contribution in [0.1, 0.15) is 32.6 Å². The van der Waals surface area contributed by atoms with E-state index in [-0.39, 0.29) is 0 Å². The van der Waals surface area contributed by atoms with Crippen LogP contribution in [0.5, 0.6) is 0 Å². The molecule has 54 valence electrons. The van der Waals surface area contributed by atoms with Crippen molar-refractivity contribution in [2.75, 3.05) is 7.05 Å². The predicted octanol–water partition coefficient (Wildman–Crippen LogP) is 1.78. The van der Waals surface area contributed by atoms with E-state index < -0.39 is 0 Å². The zero-order valence-electron chi connectivity index (χ0n) is 6.48. The highest BCUT2D eigenvalue weighted by molar-refractivity contribution is 4.73. The maximum atomic E-state index is 3.33. The van der Waals surface area contributed by atoms with Gasteiger partial charge in [-0.2, -0.15) is 0 Å². The van der Waals surface area contributed by atoms with Crippen LogP contribution in [-0.2, 0) is 0 Å². The Bertz CT molecular complexity index is 80.6. The summed E-state index contributed by atoms with van der Waals surface area (Å²) in [6.07, 6.45) is 5.64. The molecule has 1 saturated carbocycles. The monoisotopic (exact) mass is 127 g/mol. The lowest BCUT2D eigenvalue weighted by Crippen LogP contribution is -2.30. The SMILES string of the molecule is CN[C@@H]1CCC[C@H](C)C1. The first-order chi connectivity index (χ1) is 4.33. The molecule has 1 fully saturated rings. The van der Waals surface area contributed by atoms with Crippen molar-refractivity contribution in [2.24, 2.45) is 5.92 Å². The Morgan fingerprint density at radius 2 is 2.11 bits per heavy atom. The van der Waals surface area contributed by atoms with Gasteiger partial charge in [0.1, 0.15) is 0 Å². The van der Waals surface area contributed by atoms with E-state index in [1.54, 1.807) is 0 Å². The van der Waals surface area contributed by atoms with Gasteiger partial charge < -0.3 is 5.32 Å². The zero-order valence-corrected chi connectivity index (χ0v) is 6.48. The fraction of sp³-hybridized carbons (Fsp3) is 1.00. The fourth-order valence-corrected chi connectivity index (χ4v) is 1.70. The minimum absolute atomic E-state index is 0.814. The van der Waals surface area contributed by atoms with Gasteiger partial charge in [0.2, 0.25) is 0 Å². The minimum Gasteiger partial charge on any atom is -0.317 e. The zero-order chi connectivity index (χ0) is 6.69. The Balaban J connectivity index is 2.23. The van der Waals surface area contributed by atoms with E-state index in [1.165, 1.54) is 25.7 Å². The van der Waals surface area contributed by atoms with Gasteiger partial charge in [0.15, 0.2) is 0 Å². The van der Waals surface area contributed by atoms with Crippen LogP contribution < -0.4 is 5.32 Å². The average molecular weight is 127 g/mol. The quantitative estimate of drug-likeness (QED) is 0.566. The molecule has 9 heavy (non-hydrogen) atoms. The maximum Gasteiger partial charge on any atom is 0.00666 e. The Hall–Kier alpha value is -0.0400. The van der Waals surface area contributed by atoms with Crippen molar-refractivity contribution in [3.63, 3.8) is 0 Å². The minimum atomic E-state index is 0.814. The molecular weight excluding hydrogens is 110 g/mol. The largest absolute Gasteiger partial charge is 0.317 e. The Morgan fingerprint density at radius 1 is 1.33 bits per heavy atom. The molecule has 0 radical (unpaired) electrons. The molecule has 0 unspecified atom stereocenters. The molecule has 0 amide bonds. The summed E-state index contributed by atoms with van der Waals surface area (Å²) < 4.78 is 0. The molecule has 1 aliphatic carbocycles. The molecular formula is C8H17N. The number of rotatable bonds is 1. The van der Waals surface area contributed by atoms with Crippen LogP contribution in [0.25, 0.3) is 0 Å². The Kier molecular flexibility index (Phi) is 2.52. The van der Waals surface area contributed by atoms with Crippen LogP contribution in [0, 0.1) is 5.92 Å². The van der Waals surface area contributed by atoms with E-state index in [9.17, 15) is 0 Å². The van der Waals surface area contributed by atoms with Crippen molar-refractivity contribution in [2.45, 2.75) is 38.6 Å². The molecule has 0 aromatic heterocycles. The summed E-state index contributed by atoms with van der Waals surface area (Å²) in [5, 5.41) is 3.33. The van der Waals surface area contributed by atoms with Gasteiger partial charge in [0.05, 0.1) is 0 Å². The van der Waals surface area contributed by atoms with Crippen LogP contribution >= 0.6 is 0 Å². The third kappa shape index (κ3) is 1.98. The van der Waals surface area contributed by atoms with Crippen LogP contribution in [0.4, 0.5) is 0 Å². The first-order valence-electron chi connectivity index (χ1n) is 4.00. The maximum absolute atomic E-state index is 3.33. The number of nitrogens with one attached hydrogen (secondary N) is 1. The molecule has 0 spiro atoms. The van der Waals surface area contributed by atoms with Crippen LogP contribution in [0.3, 0.4) is 0 Å². The summed E-state index contributed by atoms with van der Waals surface area (Å²) in [5.74, 6) is 0.955. The van der Waals surface area contributed by atoms with E-state index in [0.29, 0.717) is 0 Å². The van der Waals surface area contributed by atoms with E-state index in [2.05, 4.69) is 19.3 Å². The van der Waals surface area contributed by atoms with Gasteiger partial charge in [-0.25, -0.2) is 0 Å². The summed E-state index contributed by atoms with van der Waals surface area (Å²) >= 11 is 0. The van der Waals surface area contributed by atoms with Gasteiger partial charge in [-0.3, -0.25) is 0 Å². The lowest BCUT2D eigenvalue weighted by Gasteiger charge is -2.25. The molecule has 0 heterocycles. The van der Waals surface area contributed by atoms with Crippen molar-refractivity contribution >= 4 is 0 Å². The van der Waals surface area contributed by atoms with Crippen LogP contribution in [0.15, 0.2) is 0 Å². The van der Waals surface area contributed by atoms with Crippen molar-refractivity contribution in [1.29, 1.82) is 0 Å². The first kappa shape index (κ1) is 7.07. The normalized spacial score (nSPS) is 36.7. The number of hydrogen-bond donors (Lipinski definition) is 1. The summed E-state index contributed by atoms with van der Waals surface area (Å²) in [5.41, 5.74) is 0. The van der Waals surface area contributed by atoms with Crippen molar-refractivity contribution in [1.82, 2.24) is 5.32 Å². The summed E-state index contributed by atoms with van der Waals surface area (Å²) in [6.45, 7) is 2.35. The van der Waals surface area contributed by atoms with Crippen LogP contribution in [-0.4, -0.2) is 13.1 Å². The van der Waals surface area contributed by atoms with Gasteiger partial charge in [0.25, 0.3) is 0 Å². The topological polar surface area (TPSA) is 12.0 Å². The highest BCUT2D eigenvalue weighted by Gasteiger charge is 2.16. The van der Waals surface area contributed by atoms with Gasteiger partial charge in [-0.1, -0.05) is 19.8 Å².